The minimum Gasteiger partial charge on any atom is -0.478 e. The van der Waals surface area contributed by atoms with Gasteiger partial charge in [0.2, 0.25) is 0 Å². The zero-order valence-corrected chi connectivity index (χ0v) is 18.1. The Kier molecular flexibility index (Phi) is 4.08. The first-order valence-electron chi connectivity index (χ1n) is 11.1. The molecule has 1 heterocycles. The van der Waals surface area contributed by atoms with Gasteiger partial charge in [0.05, 0.1) is 12.2 Å². The van der Waals surface area contributed by atoms with Gasteiger partial charge in [-0.3, -0.25) is 4.99 Å². The second kappa shape index (κ2) is 6.10. The molecule has 7 heteroatoms. The number of rotatable bonds is 3. The number of nitrogens with two attached hydrogens (primary N) is 1. The van der Waals surface area contributed by atoms with Crippen molar-refractivity contribution in [3.63, 3.8) is 0 Å². The standard InChI is InChI=1S/C23H33N3O4/c1-20-8-5-14-11-15-17(18(27)28)21(29,13-30-3)12-23(15,20)22(14)7-4-10-26(19(24)25-2)16(22)6-9-20/h4,10,14,16,29H,5-9,11-13H2,1-3H3,(H2,24,25)(H,27,28)/t14-,16-,20+,21-,22+,23-/m1/s1. The van der Waals surface area contributed by atoms with E-state index >= 15 is 0 Å². The maximum Gasteiger partial charge on any atom is 0.334 e. The summed E-state index contributed by atoms with van der Waals surface area (Å²) in [6, 6.07) is 0.169. The van der Waals surface area contributed by atoms with Gasteiger partial charge in [0.15, 0.2) is 5.96 Å². The molecule has 3 fully saturated rings. The molecule has 6 atom stereocenters. The fourth-order valence-electron chi connectivity index (χ4n) is 8.81. The first kappa shape index (κ1) is 20.1. The van der Waals surface area contributed by atoms with Crippen LogP contribution in [0.2, 0.25) is 0 Å². The van der Waals surface area contributed by atoms with Crippen molar-refractivity contribution in [1.29, 1.82) is 0 Å². The Balaban J connectivity index is 1.79. The molecule has 7 nitrogen and oxygen atoms in total. The summed E-state index contributed by atoms with van der Waals surface area (Å²) in [6.45, 7) is 2.35. The van der Waals surface area contributed by atoms with Crippen LogP contribution in [-0.2, 0) is 9.53 Å². The molecule has 2 spiro atoms. The highest BCUT2D eigenvalue weighted by Gasteiger charge is 2.80. The molecule has 5 aliphatic rings. The fraction of sp³-hybridized carbons (Fsp3) is 0.739. The number of carboxylic acids is 1. The zero-order valence-electron chi connectivity index (χ0n) is 18.1. The van der Waals surface area contributed by atoms with Gasteiger partial charge < -0.3 is 25.6 Å². The van der Waals surface area contributed by atoms with Crippen molar-refractivity contribution in [1.82, 2.24) is 4.90 Å². The highest BCUT2D eigenvalue weighted by Crippen LogP contribution is 2.83. The summed E-state index contributed by atoms with van der Waals surface area (Å²) in [6.07, 6.45) is 10.5. The molecule has 0 unspecified atom stereocenters. The van der Waals surface area contributed by atoms with Crippen LogP contribution in [0.25, 0.3) is 0 Å². The SMILES string of the molecule is CN=C(N)N1C=CC[C@]23[C@@H]4CC[C@@](C)(CC[C@@H]12)[C@]31C[C@@](O)(COC)C(C(=O)O)=C1C4. The molecule has 30 heavy (non-hydrogen) atoms. The molecule has 5 rings (SSSR count). The van der Waals surface area contributed by atoms with E-state index in [0.717, 1.165) is 44.1 Å². The Morgan fingerprint density at radius 3 is 2.80 bits per heavy atom. The lowest BCUT2D eigenvalue weighted by Crippen LogP contribution is -2.69. The molecular weight excluding hydrogens is 382 g/mol. The Morgan fingerprint density at radius 2 is 2.13 bits per heavy atom. The topological polar surface area (TPSA) is 108 Å². The molecule has 0 aromatic rings. The number of carbonyl (C=O) groups is 1. The molecule has 4 bridgehead atoms. The van der Waals surface area contributed by atoms with Crippen LogP contribution in [0.3, 0.4) is 0 Å². The van der Waals surface area contributed by atoms with Crippen molar-refractivity contribution in [2.24, 2.45) is 32.9 Å². The van der Waals surface area contributed by atoms with E-state index in [1.807, 2.05) is 0 Å². The number of nitrogens with zero attached hydrogens (tertiary/aromatic N) is 2. The number of aliphatic imine (C=N–C) groups is 1. The number of hydrogen-bond donors (Lipinski definition) is 3. The third-order valence-electron chi connectivity index (χ3n) is 9.60. The number of guanidine groups is 1. The van der Waals surface area contributed by atoms with Gasteiger partial charge in [-0.05, 0) is 61.9 Å². The van der Waals surface area contributed by atoms with E-state index in [1.54, 1.807) is 7.05 Å². The van der Waals surface area contributed by atoms with Gasteiger partial charge in [-0.2, -0.15) is 0 Å². The monoisotopic (exact) mass is 415 g/mol. The fourth-order valence-corrected chi connectivity index (χ4v) is 8.81. The summed E-state index contributed by atoms with van der Waals surface area (Å²) in [4.78, 5) is 18.9. The van der Waals surface area contributed by atoms with E-state index < -0.39 is 11.6 Å². The number of carboxylic acid groups (broad SMARTS) is 1. The van der Waals surface area contributed by atoms with Crippen LogP contribution in [0.4, 0.5) is 0 Å². The third-order valence-corrected chi connectivity index (χ3v) is 9.60. The molecule has 0 radical (unpaired) electrons. The van der Waals surface area contributed by atoms with Crippen LogP contribution in [0.15, 0.2) is 28.4 Å². The second-order valence-corrected chi connectivity index (χ2v) is 10.4. The third kappa shape index (κ3) is 1.99. The van der Waals surface area contributed by atoms with Crippen LogP contribution in [0.1, 0.15) is 51.9 Å². The lowest BCUT2D eigenvalue weighted by molar-refractivity contribution is -0.188. The first-order valence-corrected chi connectivity index (χ1v) is 11.1. The molecule has 4 N–H and O–H groups in total. The summed E-state index contributed by atoms with van der Waals surface area (Å²) in [5, 5.41) is 21.9. The average Bonchev–Trinajstić information content (AvgIpc) is 3.05. The number of allylic oxidation sites excluding steroid dienone is 2. The predicted molar refractivity (Wildman–Crippen MR) is 113 cm³/mol. The summed E-state index contributed by atoms with van der Waals surface area (Å²) in [5.74, 6) is -0.0969. The summed E-state index contributed by atoms with van der Waals surface area (Å²) < 4.78 is 5.36. The minimum atomic E-state index is -1.45. The maximum atomic E-state index is 12.5. The second-order valence-electron chi connectivity index (χ2n) is 10.4. The number of aliphatic carboxylic acids is 1. The largest absolute Gasteiger partial charge is 0.478 e. The van der Waals surface area contributed by atoms with Gasteiger partial charge in [0, 0.05) is 37.2 Å². The summed E-state index contributed by atoms with van der Waals surface area (Å²) in [5.41, 5.74) is 5.53. The number of methoxy groups -OCH3 is 1. The Hall–Kier alpha value is -1.86. The maximum absolute atomic E-state index is 12.5. The quantitative estimate of drug-likeness (QED) is 0.482. The molecule has 164 valence electrons. The van der Waals surface area contributed by atoms with E-state index in [4.69, 9.17) is 10.5 Å². The number of hydrogen-bond acceptors (Lipinski definition) is 4. The minimum absolute atomic E-state index is 0.0134. The average molecular weight is 416 g/mol. The van der Waals surface area contributed by atoms with E-state index in [9.17, 15) is 15.0 Å². The molecule has 1 aliphatic heterocycles. The van der Waals surface area contributed by atoms with Crippen LogP contribution in [-0.4, -0.2) is 59.4 Å². The zero-order chi connectivity index (χ0) is 21.5. The van der Waals surface area contributed by atoms with E-state index in [1.165, 1.54) is 7.11 Å². The van der Waals surface area contributed by atoms with Gasteiger partial charge in [0.1, 0.15) is 5.60 Å². The molecule has 0 saturated heterocycles. The van der Waals surface area contributed by atoms with Gasteiger partial charge in [-0.1, -0.05) is 13.0 Å². The predicted octanol–water partition coefficient (Wildman–Crippen LogP) is 2.27. The molecule has 0 aromatic carbocycles. The van der Waals surface area contributed by atoms with Crippen molar-refractivity contribution >= 4 is 11.9 Å². The highest BCUT2D eigenvalue weighted by molar-refractivity contribution is 5.92. The molecule has 0 aromatic heterocycles. The van der Waals surface area contributed by atoms with E-state index in [-0.39, 0.29) is 34.5 Å². The molecule has 4 aliphatic carbocycles. The number of ether oxygens (including phenoxy) is 1. The van der Waals surface area contributed by atoms with Gasteiger partial charge >= 0.3 is 5.97 Å². The Morgan fingerprint density at radius 1 is 1.40 bits per heavy atom. The van der Waals surface area contributed by atoms with Crippen molar-refractivity contribution in [2.75, 3.05) is 20.8 Å². The van der Waals surface area contributed by atoms with Crippen molar-refractivity contribution in [3.8, 4) is 0 Å². The summed E-state index contributed by atoms with van der Waals surface area (Å²) in [7, 11) is 3.25. The molecule has 0 amide bonds. The smallest absolute Gasteiger partial charge is 0.334 e. The normalized spacial score (nSPS) is 46.8. The van der Waals surface area contributed by atoms with Crippen molar-refractivity contribution in [3.05, 3.63) is 23.4 Å². The van der Waals surface area contributed by atoms with E-state index in [0.29, 0.717) is 18.3 Å². The van der Waals surface area contributed by atoms with E-state index in [2.05, 4.69) is 29.1 Å². The lowest BCUT2D eigenvalue weighted by atomic mass is 9.37. The van der Waals surface area contributed by atoms with Crippen LogP contribution in [0, 0.1) is 22.2 Å². The molecular formula is C23H33N3O4. The lowest BCUT2D eigenvalue weighted by Gasteiger charge is -2.69. The number of aliphatic hydroxyl groups is 1. The van der Waals surface area contributed by atoms with Crippen molar-refractivity contribution < 1.29 is 19.7 Å². The Labute approximate surface area is 177 Å². The van der Waals surface area contributed by atoms with Crippen LogP contribution < -0.4 is 5.73 Å². The van der Waals surface area contributed by atoms with Crippen LogP contribution >= 0.6 is 0 Å². The first-order chi connectivity index (χ1) is 14.2. The van der Waals surface area contributed by atoms with Gasteiger partial charge in [0.25, 0.3) is 0 Å². The highest BCUT2D eigenvalue weighted by atomic mass is 16.5. The van der Waals surface area contributed by atoms with Crippen molar-refractivity contribution in [2.45, 2.75) is 63.5 Å². The van der Waals surface area contributed by atoms with Gasteiger partial charge in [-0.15, -0.1) is 0 Å². The van der Waals surface area contributed by atoms with Crippen LogP contribution in [0.5, 0.6) is 0 Å². The molecule has 3 saturated carbocycles. The summed E-state index contributed by atoms with van der Waals surface area (Å²) >= 11 is 0. The van der Waals surface area contributed by atoms with Gasteiger partial charge in [-0.25, -0.2) is 4.79 Å². The Bertz CT molecular complexity index is 897.